The fraction of sp³-hybridized carbons (Fsp3) is 0.261. The Morgan fingerprint density at radius 2 is 1.63 bits per heavy atom. The van der Waals surface area contributed by atoms with E-state index in [9.17, 15) is 0 Å². The summed E-state index contributed by atoms with van der Waals surface area (Å²) in [6.45, 7) is 4.11. The van der Waals surface area contributed by atoms with Gasteiger partial charge in [-0.05, 0) is 48.5 Å². The average molecular weight is 400 g/mol. The van der Waals surface area contributed by atoms with Gasteiger partial charge in [-0.1, -0.05) is 6.07 Å². The molecule has 1 aliphatic rings. The number of piperazine rings is 1. The molecule has 0 saturated carbocycles. The van der Waals surface area contributed by atoms with Crippen molar-refractivity contribution in [2.24, 2.45) is 7.05 Å². The number of nitrogens with zero attached hydrogens (tertiary/aromatic N) is 6. The van der Waals surface area contributed by atoms with Crippen LogP contribution in [0.5, 0.6) is 0 Å². The average Bonchev–Trinajstić information content (AvgIpc) is 3.15. The van der Waals surface area contributed by atoms with Gasteiger partial charge in [-0.3, -0.25) is 4.68 Å². The number of fused-ring (bicyclic) bond motifs is 1. The van der Waals surface area contributed by atoms with Gasteiger partial charge in [-0.15, -0.1) is 0 Å². The van der Waals surface area contributed by atoms with E-state index in [0.29, 0.717) is 0 Å². The first kappa shape index (κ1) is 18.6. The lowest BCUT2D eigenvalue weighted by Gasteiger charge is -2.33. The summed E-state index contributed by atoms with van der Waals surface area (Å²) in [7, 11) is 4.12. The first-order valence-electron chi connectivity index (χ1n) is 10.2. The lowest BCUT2D eigenvalue weighted by Crippen LogP contribution is -2.44. The summed E-state index contributed by atoms with van der Waals surface area (Å²) in [4.78, 5) is 13.8. The van der Waals surface area contributed by atoms with Crippen LogP contribution in [0.15, 0.2) is 61.1 Å². The summed E-state index contributed by atoms with van der Waals surface area (Å²) in [6.07, 6.45) is 5.60. The second kappa shape index (κ2) is 7.76. The minimum Gasteiger partial charge on any atom is -0.354 e. The quantitative estimate of drug-likeness (QED) is 0.567. The van der Waals surface area contributed by atoms with Gasteiger partial charge in [0.2, 0.25) is 0 Å². The molecule has 0 aliphatic carbocycles. The molecule has 0 atom stereocenters. The minimum atomic E-state index is 0.814. The molecule has 0 radical (unpaired) electrons. The van der Waals surface area contributed by atoms with Crippen molar-refractivity contribution in [1.82, 2.24) is 24.6 Å². The molecule has 0 amide bonds. The van der Waals surface area contributed by atoms with Crippen molar-refractivity contribution in [3.8, 4) is 11.1 Å². The van der Waals surface area contributed by atoms with Crippen LogP contribution < -0.4 is 10.2 Å². The maximum Gasteiger partial charge on any atom is 0.130 e. The van der Waals surface area contributed by atoms with Gasteiger partial charge in [0.25, 0.3) is 0 Å². The van der Waals surface area contributed by atoms with Crippen molar-refractivity contribution in [2.75, 3.05) is 43.4 Å². The third-order valence-corrected chi connectivity index (χ3v) is 5.68. The van der Waals surface area contributed by atoms with Crippen molar-refractivity contribution >= 4 is 28.2 Å². The standard InChI is InChI=1S/C23H25N7/c1-28-9-11-30(12-10-28)23-15-20(6-8-25-23)27-22-14-18(5-7-24-22)17-3-4-21-19(13-17)16-26-29(21)2/h3-8,13-16H,9-12H2,1-2H3,(H,24,25,27). The number of nitrogens with one attached hydrogen (secondary N) is 1. The molecule has 1 saturated heterocycles. The monoisotopic (exact) mass is 399 g/mol. The van der Waals surface area contributed by atoms with E-state index in [-0.39, 0.29) is 0 Å². The molecule has 4 aromatic rings. The SMILES string of the molecule is CN1CCN(c2cc(Nc3cc(-c4ccc5c(cnn5C)c4)ccn3)ccn2)CC1. The Kier molecular flexibility index (Phi) is 4.80. The molecule has 4 heterocycles. The predicted octanol–water partition coefficient (Wildman–Crippen LogP) is 3.53. The van der Waals surface area contributed by atoms with Crippen LogP contribution in [0.25, 0.3) is 22.0 Å². The van der Waals surface area contributed by atoms with E-state index in [1.54, 1.807) is 0 Å². The molecule has 30 heavy (non-hydrogen) atoms. The van der Waals surface area contributed by atoms with E-state index in [0.717, 1.165) is 65.5 Å². The number of hydrogen-bond donors (Lipinski definition) is 1. The normalized spacial score (nSPS) is 14.9. The lowest BCUT2D eigenvalue weighted by atomic mass is 10.1. The molecule has 1 fully saturated rings. The summed E-state index contributed by atoms with van der Waals surface area (Å²) < 4.78 is 1.89. The largest absolute Gasteiger partial charge is 0.354 e. The van der Waals surface area contributed by atoms with Crippen molar-refractivity contribution in [3.63, 3.8) is 0 Å². The number of anilines is 3. The highest BCUT2D eigenvalue weighted by Gasteiger charge is 2.15. The molecule has 1 aromatic carbocycles. The first-order chi connectivity index (χ1) is 14.7. The van der Waals surface area contributed by atoms with Crippen LogP contribution in [0.1, 0.15) is 0 Å². The van der Waals surface area contributed by atoms with Gasteiger partial charge in [0.1, 0.15) is 11.6 Å². The first-order valence-corrected chi connectivity index (χ1v) is 10.2. The molecule has 5 rings (SSSR count). The third-order valence-electron chi connectivity index (χ3n) is 5.68. The maximum absolute atomic E-state index is 4.56. The smallest absolute Gasteiger partial charge is 0.130 e. The molecular weight excluding hydrogens is 374 g/mol. The van der Waals surface area contributed by atoms with E-state index in [4.69, 9.17) is 0 Å². The van der Waals surface area contributed by atoms with Crippen molar-refractivity contribution in [2.45, 2.75) is 0 Å². The van der Waals surface area contributed by atoms with Crippen LogP contribution in [0, 0.1) is 0 Å². The fourth-order valence-corrected chi connectivity index (χ4v) is 3.87. The summed E-state index contributed by atoms with van der Waals surface area (Å²) in [6, 6.07) is 14.6. The van der Waals surface area contributed by atoms with Crippen LogP contribution in [0.2, 0.25) is 0 Å². The number of likely N-dealkylation sites (N-methyl/N-ethyl adjacent to an activating group) is 1. The zero-order chi connectivity index (χ0) is 20.5. The Hall–Kier alpha value is -3.45. The predicted molar refractivity (Wildman–Crippen MR) is 121 cm³/mol. The number of rotatable bonds is 4. The van der Waals surface area contributed by atoms with Gasteiger partial charge in [-0.25, -0.2) is 9.97 Å². The Morgan fingerprint density at radius 1 is 0.833 bits per heavy atom. The number of hydrogen-bond acceptors (Lipinski definition) is 6. The molecule has 152 valence electrons. The number of benzene rings is 1. The maximum atomic E-state index is 4.56. The van der Waals surface area contributed by atoms with E-state index < -0.39 is 0 Å². The Balaban J connectivity index is 1.37. The molecular formula is C23H25N7. The van der Waals surface area contributed by atoms with Gasteiger partial charge in [0.15, 0.2) is 0 Å². The Labute approximate surface area is 176 Å². The summed E-state index contributed by atoms with van der Waals surface area (Å²) in [5.41, 5.74) is 4.38. The van der Waals surface area contributed by atoms with Gasteiger partial charge >= 0.3 is 0 Å². The van der Waals surface area contributed by atoms with Crippen molar-refractivity contribution < 1.29 is 0 Å². The number of aryl methyl sites for hydroxylation is 1. The molecule has 0 bridgehead atoms. The van der Waals surface area contributed by atoms with E-state index in [2.05, 4.69) is 67.6 Å². The van der Waals surface area contributed by atoms with E-state index in [1.165, 1.54) is 0 Å². The van der Waals surface area contributed by atoms with Gasteiger partial charge < -0.3 is 15.1 Å². The molecule has 1 aliphatic heterocycles. The molecule has 1 N–H and O–H groups in total. The molecule has 3 aromatic heterocycles. The van der Waals surface area contributed by atoms with Gasteiger partial charge in [0, 0.05) is 62.8 Å². The van der Waals surface area contributed by atoms with Crippen LogP contribution >= 0.6 is 0 Å². The highest BCUT2D eigenvalue weighted by atomic mass is 15.3. The molecule has 7 nitrogen and oxygen atoms in total. The van der Waals surface area contributed by atoms with Crippen LogP contribution in [0.3, 0.4) is 0 Å². The Bertz CT molecular complexity index is 1180. The summed E-state index contributed by atoms with van der Waals surface area (Å²) in [5.74, 6) is 1.82. The third kappa shape index (κ3) is 3.71. The second-order valence-corrected chi connectivity index (χ2v) is 7.79. The minimum absolute atomic E-state index is 0.814. The van der Waals surface area contributed by atoms with Gasteiger partial charge in [-0.2, -0.15) is 5.10 Å². The molecule has 0 unspecified atom stereocenters. The second-order valence-electron chi connectivity index (χ2n) is 7.79. The van der Waals surface area contributed by atoms with Crippen LogP contribution in [-0.4, -0.2) is 57.9 Å². The fourth-order valence-electron chi connectivity index (χ4n) is 3.87. The van der Waals surface area contributed by atoms with Gasteiger partial charge in [0.05, 0.1) is 11.7 Å². The van der Waals surface area contributed by atoms with Crippen molar-refractivity contribution in [3.05, 3.63) is 61.1 Å². The lowest BCUT2D eigenvalue weighted by molar-refractivity contribution is 0.312. The number of pyridine rings is 2. The topological polar surface area (TPSA) is 62.1 Å². The molecule has 0 spiro atoms. The van der Waals surface area contributed by atoms with E-state index in [1.807, 2.05) is 42.5 Å². The van der Waals surface area contributed by atoms with Crippen LogP contribution in [0.4, 0.5) is 17.3 Å². The molecule has 7 heteroatoms. The highest BCUT2D eigenvalue weighted by molar-refractivity contribution is 5.85. The summed E-state index contributed by atoms with van der Waals surface area (Å²) in [5, 5.41) is 8.90. The highest BCUT2D eigenvalue weighted by Crippen LogP contribution is 2.27. The number of aromatic nitrogens is 4. The summed E-state index contributed by atoms with van der Waals surface area (Å²) >= 11 is 0. The van der Waals surface area contributed by atoms with E-state index >= 15 is 0 Å². The zero-order valence-corrected chi connectivity index (χ0v) is 17.3. The van der Waals surface area contributed by atoms with Crippen LogP contribution in [-0.2, 0) is 7.05 Å². The zero-order valence-electron chi connectivity index (χ0n) is 17.3. The van der Waals surface area contributed by atoms with Crippen molar-refractivity contribution in [1.29, 1.82) is 0 Å². The Morgan fingerprint density at radius 3 is 2.50 bits per heavy atom.